The zero-order valence-electron chi connectivity index (χ0n) is 13.5. The van der Waals surface area contributed by atoms with Crippen LogP contribution in [0, 0.1) is 12.8 Å². The molecular weight excluding hydrogens is 324 g/mol. The zero-order valence-corrected chi connectivity index (χ0v) is 14.3. The van der Waals surface area contributed by atoms with Crippen molar-refractivity contribution in [3.8, 4) is 0 Å². The summed E-state index contributed by atoms with van der Waals surface area (Å²) < 4.78 is 0. The number of piperidine rings is 1. The molecule has 1 aliphatic rings. The van der Waals surface area contributed by atoms with Gasteiger partial charge in [-0.3, -0.25) is 10.1 Å². The molecule has 1 unspecified atom stereocenters. The first-order valence-corrected chi connectivity index (χ1v) is 8.84. The van der Waals surface area contributed by atoms with Crippen LogP contribution in [0.3, 0.4) is 0 Å². The lowest BCUT2D eigenvalue weighted by Crippen LogP contribution is -2.45. The minimum Gasteiger partial charge on any atom is -0.324 e. The van der Waals surface area contributed by atoms with Crippen LogP contribution in [-0.4, -0.2) is 34.9 Å². The molecule has 0 radical (unpaired) electrons. The highest BCUT2D eigenvalue weighted by Crippen LogP contribution is 2.21. The van der Waals surface area contributed by atoms with Crippen LogP contribution in [0.4, 0.5) is 15.6 Å². The lowest BCUT2D eigenvalue weighted by atomic mass is 9.97. The van der Waals surface area contributed by atoms with Crippen LogP contribution in [0.15, 0.2) is 35.7 Å². The summed E-state index contributed by atoms with van der Waals surface area (Å²) in [4.78, 5) is 30.8. The number of likely N-dealkylation sites (tertiary alicyclic amines) is 1. The molecule has 126 valence electrons. The molecule has 0 saturated carbocycles. The molecule has 1 aliphatic heterocycles. The van der Waals surface area contributed by atoms with E-state index in [0.717, 1.165) is 23.5 Å². The highest BCUT2D eigenvalue weighted by molar-refractivity contribution is 7.14. The van der Waals surface area contributed by atoms with Crippen LogP contribution >= 0.6 is 11.3 Å². The van der Waals surface area contributed by atoms with Gasteiger partial charge in [-0.2, -0.15) is 0 Å². The molecule has 2 N–H and O–H groups in total. The van der Waals surface area contributed by atoms with Crippen LogP contribution in [0.2, 0.25) is 0 Å². The second-order valence-electron chi connectivity index (χ2n) is 5.85. The van der Waals surface area contributed by atoms with E-state index in [0.29, 0.717) is 18.9 Å². The van der Waals surface area contributed by atoms with E-state index in [2.05, 4.69) is 15.6 Å². The Labute approximate surface area is 144 Å². The van der Waals surface area contributed by atoms with E-state index >= 15 is 0 Å². The number of anilines is 2. The number of amides is 3. The number of urea groups is 1. The summed E-state index contributed by atoms with van der Waals surface area (Å²) in [5.74, 6) is 0.261. The van der Waals surface area contributed by atoms with E-state index in [1.165, 1.54) is 11.3 Å². The zero-order chi connectivity index (χ0) is 16.9. The Morgan fingerprint density at radius 3 is 2.88 bits per heavy atom. The van der Waals surface area contributed by atoms with Crippen molar-refractivity contribution in [1.82, 2.24) is 9.88 Å². The van der Waals surface area contributed by atoms with Gasteiger partial charge in [0.15, 0.2) is 0 Å². The maximum atomic E-state index is 12.5. The number of hydrogen-bond donors (Lipinski definition) is 2. The van der Waals surface area contributed by atoms with E-state index in [4.69, 9.17) is 0 Å². The Morgan fingerprint density at radius 2 is 2.12 bits per heavy atom. The third-order valence-corrected chi connectivity index (χ3v) is 4.76. The number of nitrogens with one attached hydrogen (secondary N) is 2. The predicted molar refractivity (Wildman–Crippen MR) is 95.2 cm³/mol. The van der Waals surface area contributed by atoms with Crippen molar-refractivity contribution >= 4 is 34.1 Å². The number of nitrogens with zero attached hydrogens (tertiary/aromatic N) is 2. The number of carbonyl (C=O) groups is 2. The molecule has 0 bridgehead atoms. The van der Waals surface area contributed by atoms with Crippen molar-refractivity contribution < 1.29 is 9.59 Å². The molecule has 3 heterocycles. The van der Waals surface area contributed by atoms with Gasteiger partial charge in [-0.25, -0.2) is 9.78 Å². The molecule has 2 aromatic rings. The molecule has 3 rings (SSSR count). The highest BCUT2D eigenvalue weighted by Gasteiger charge is 2.28. The second-order valence-corrected chi connectivity index (χ2v) is 6.79. The van der Waals surface area contributed by atoms with Crippen molar-refractivity contribution in [2.45, 2.75) is 19.8 Å². The molecular formula is C17H20N4O2S. The number of carbonyl (C=O) groups excluding carboxylic acids is 2. The monoisotopic (exact) mass is 344 g/mol. The van der Waals surface area contributed by atoms with Crippen molar-refractivity contribution in [1.29, 1.82) is 0 Å². The van der Waals surface area contributed by atoms with Crippen LogP contribution in [0.1, 0.15) is 18.5 Å². The quantitative estimate of drug-likeness (QED) is 0.897. The Bertz CT molecular complexity index is 717. The summed E-state index contributed by atoms with van der Waals surface area (Å²) in [5.41, 5.74) is 0.855. The normalized spacial score (nSPS) is 17.4. The van der Waals surface area contributed by atoms with Gasteiger partial charge < -0.3 is 10.2 Å². The lowest BCUT2D eigenvalue weighted by molar-refractivity contribution is -0.121. The van der Waals surface area contributed by atoms with Crippen LogP contribution < -0.4 is 10.6 Å². The fraction of sp³-hybridized carbons (Fsp3) is 0.353. The maximum absolute atomic E-state index is 12.5. The van der Waals surface area contributed by atoms with Gasteiger partial charge in [-0.15, -0.1) is 11.3 Å². The molecule has 3 amide bonds. The Kier molecular flexibility index (Phi) is 5.10. The topological polar surface area (TPSA) is 74.3 Å². The number of hydrogen-bond acceptors (Lipinski definition) is 4. The number of thiophene rings is 1. The van der Waals surface area contributed by atoms with E-state index in [1.807, 2.05) is 36.6 Å². The van der Waals surface area contributed by atoms with Crippen LogP contribution in [-0.2, 0) is 4.79 Å². The average molecular weight is 344 g/mol. The number of rotatable bonds is 3. The van der Waals surface area contributed by atoms with Gasteiger partial charge in [0.2, 0.25) is 5.91 Å². The summed E-state index contributed by atoms with van der Waals surface area (Å²) in [6.07, 6.45) is 1.59. The van der Waals surface area contributed by atoms with E-state index < -0.39 is 0 Å². The van der Waals surface area contributed by atoms with Crippen molar-refractivity contribution in [3.63, 3.8) is 0 Å². The third kappa shape index (κ3) is 4.11. The van der Waals surface area contributed by atoms with Crippen molar-refractivity contribution in [3.05, 3.63) is 41.4 Å². The molecule has 1 saturated heterocycles. The molecule has 6 nitrogen and oxygen atoms in total. The second kappa shape index (κ2) is 7.44. The van der Waals surface area contributed by atoms with Crippen molar-refractivity contribution in [2.75, 3.05) is 23.7 Å². The molecule has 7 heteroatoms. The van der Waals surface area contributed by atoms with Gasteiger partial charge in [0.05, 0.1) is 10.9 Å². The minimum atomic E-state index is -0.213. The fourth-order valence-electron chi connectivity index (χ4n) is 2.75. The highest BCUT2D eigenvalue weighted by atomic mass is 32.1. The molecule has 24 heavy (non-hydrogen) atoms. The SMILES string of the molecule is Cc1cccc(NC(=O)C2CCCN(C(=O)Nc3cccs3)C2)n1. The van der Waals surface area contributed by atoms with E-state index in [1.54, 1.807) is 11.0 Å². The Morgan fingerprint density at radius 1 is 1.25 bits per heavy atom. The van der Waals surface area contributed by atoms with Gasteiger partial charge in [0.25, 0.3) is 0 Å². The average Bonchev–Trinajstić information content (AvgIpc) is 3.08. The molecule has 2 aromatic heterocycles. The first-order chi connectivity index (χ1) is 11.6. The Balaban J connectivity index is 1.58. The minimum absolute atomic E-state index is 0.0817. The fourth-order valence-corrected chi connectivity index (χ4v) is 3.36. The number of pyridine rings is 1. The van der Waals surface area contributed by atoms with Gasteiger partial charge in [-0.1, -0.05) is 6.07 Å². The van der Waals surface area contributed by atoms with E-state index in [-0.39, 0.29) is 17.9 Å². The van der Waals surface area contributed by atoms with Gasteiger partial charge in [-0.05, 0) is 49.4 Å². The molecule has 0 spiro atoms. The molecule has 0 aliphatic carbocycles. The smallest absolute Gasteiger partial charge is 0.322 e. The first-order valence-electron chi connectivity index (χ1n) is 7.96. The standard InChI is InChI=1S/C17H20N4O2S/c1-12-5-2-7-14(18-12)19-16(22)13-6-3-9-21(11-13)17(23)20-15-8-4-10-24-15/h2,4-5,7-8,10,13H,3,6,9,11H2,1H3,(H,20,23)(H,18,19,22). The van der Waals surface area contributed by atoms with Crippen LogP contribution in [0.25, 0.3) is 0 Å². The van der Waals surface area contributed by atoms with Gasteiger partial charge >= 0.3 is 6.03 Å². The molecule has 1 fully saturated rings. The van der Waals surface area contributed by atoms with Gasteiger partial charge in [0, 0.05) is 18.8 Å². The predicted octanol–water partition coefficient (Wildman–Crippen LogP) is 3.33. The first kappa shape index (κ1) is 16.4. The maximum Gasteiger partial charge on any atom is 0.322 e. The lowest BCUT2D eigenvalue weighted by Gasteiger charge is -2.31. The summed E-state index contributed by atoms with van der Waals surface area (Å²) >= 11 is 1.48. The van der Waals surface area contributed by atoms with Crippen molar-refractivity contribution in [2.24, 2.45) is 5.92 Å². The summed E-state index contributed by atoms with van der Waals surface area (Å²) in [6, 6.07) is 9.12. The number of aromatic nitrogens is 1. The summed E-state index contributed by atoms with van der Waals surface area (Å²) in [5, 5.41) is 8.45. The van der Waals surface area contributed by atoms with E-state index in [9.17, 15) is 9.59 Å². The van der Waals surface area contributed by atoms with Crippen LogP contribution in [0.5, 0.6) is 0 Å². The molecule has 1 atom stereocenters. The van der Waals surface area contributed by atoms with Gasteiger partial charge in [0.1, 0.15) is 5.82 Å². The number of aryl methyl sites for hydroxylation is 1. The summed E-state index contributed by atoms with van der Waals surface area (Å²) in [7, 11) is 0. The third-order valence-electron chi connectivity index (χ3n) is 3.97. The largest absolute Gasteiger partial charge is 0.324 e. The Hall–Kier alpha value is -2.41. The molecule has 0 aromatic carbocycles. The summed E-state index contributed by atoms with van der Waals surface area (Å²) in [6.45, 7) is 2.98.